The average Bonchev–Trinajstić information content (AvgIpc) is 2.29. The molecule has 0 fully saturated rings. The van der Waals surface area contributed by atoms with Crippen LogP contribution in [0.5, 0.6) is 0 Å². The van der Waals surface area contributed by atoms with Crippen molar-refractivity contribution in [2.45, 2.75) is 58.7 Å². The zero-order chi connectivity index (χ0) is 15.2. The summed E-state index contributed by atoms with van der Waals surface area (Å²) in [5, 5.41) is 12.5. The second-order valence-corrected chi connectivity index (χ2v) is 5.78. The molecule has 1 amide bonds. The number of amides is 1. The van der Waals surface area contributed by atoms with Gasteiger partial charge in [-0.1, -0.05) is 19.4 Å². The number of pyridine rings is 1. The van der Waals surface area contributed by atoms with Crippen LogP contribution in [0.1, 0.15) is 46.1 Å². The Morgan fingerprint density at radius 2 is 2.20 bits per heavy atom. The lowest BCUT2D eigenvalue weighted by Gasteiger charge is -2.20. The number of carbonyl (C=O) groups is 1. The Morgan fingerprint density at radius 3 is 2.80 bits per heavy atom. The van der Waals surface area contributed by atoms with Crippen LogP contribution in [-0.4, -0.2) is 27.9 Å². The summed E-state index contributed by atoms with van der Waals surface area (Å²) < 4.78 is 5.20. The first-order valence-electron chi connectivity index (χ1n) is 6.93. The fraction of sp³-hybridized carbons (Fsp3) is 0.600. The standard InChI is InChI=1S/C15H24N2O3/c1-5-7-12(18)10-11-8-6-9-16-13(11)17-14(19)20-15(2,3)4/h6,8-9,12,18H,5,7,10H2,1-4H3,(H,16,17,19). The maximum atomic E-state index is 11.8. The van der Waals surface area contributed by atoms with Crippen LogP contribution in [0.25, 0.3) is 0 Å². The maximum absolute atomic E-state index is 11.8. The molecule has 0 aliphatic carbocycles. The number of anilines is 1. The Balaban J connectivity index is 2.72. The highest BCUT2D eigenvalue weighted by atomic mass is 16.6. The third-order valence-corrected chi connectivity index (χ3v) is 2.59. The van der Waals surface area contributed by atoms with Gasteiger partial charge in [-0.25, -0.2) is 9.78 Å². The van der Waals surface area contributed by atoms with Gasteiger partial charge in [0.05, 0.1) is 6.10 Å². The third kappa shape index (κ3) is 6.02. The van der Waals surface area contributed by atoms with E-state index in [1.165, 1.54) is 0 Å². The summed E-state index contributed by atoms with van der Waals surface area (Å²) in [5.74, 6) is 0.442. The minimum atomic E-state index is -0.555. The van der Waals surface area contributed by atoms with Gasteiger partial charge in [0.2, 0.25) is 0 Å². The molecule has 112 valence electrons. The Bertz CT molecular complexity index is 441. The number of ether oxygens (including phenoxy) is 1. The summed E-state index contributed by atoms with van der Waals surface area (Å²) in [6.45, 7) is 7.43. The number of aliphatic hydroxyl groups excluding tert-OH is 1. The zero-order valence-electron chi connectivity index (χ0n) is 12.6. The molecule has 5 heteroatoms. The molecule has 5 nitrogen and oxygen atoms in total. The van der Waals surface area contributed by atoms with Crippen LogP contribution in [-0.2, 0) is 11.2 Å². The molecule has 1 aromatic rings. The first kappa shape index (κ1) is 16.4. The van der Waals surface area contributed by atoms with Gasteiger partial charge in [-0.2, -0.15) is 0 Å². The molecular weight excluding hydrogens is 256 g/mol. The number of aliphatic hydroxyl groups is 1. The fourth-order valence-corrected chi connectivity index (χ4v) is 1.81. The Labute approximate surface area is 120 Å². The highest BCUT2D eigenvalue weighted by molar-refractivity contribution is 5.84. The average molecular weight is 280 g/mol. The van der Waals surface area contributed by atoms with Gasteiger partial charge in [-0.05, 0) is 38.8 Å². The van der Waals surface area contributed by atoms with Gasteiger partial charge in [0, 0.05) is 12.6 Å². The summed E-state index contributed by atoms with van der Waals surface area (Å²) in [4.78, 5) is 15.9. The smallest absolute Gasteiger partial charge is 0.413 e. The molecule has 0 saturated heterocycles. The van der Waals surface area contributed by atoms with Crippen LogP contribution in [0.2, 0.25) is 0 Å². The number of hydrogen-bond donors (Lipinski definition) is 2. The molecule has 1 heterocycles. The second kappa shape index (κ2) is 7.24. The van der Waals surface area contributed by atoms with Crippen LogP contribution < -0.4 is 5.32 Å². The SMILES string of the molecule is CCCC(O)Cc1cccnc1NC(=O)OC(C)(C)C. The molecule has 0 saturated carbocycles. The van der Waals surface area contributed by atoms with E-state index < -0.39 is 17.8 Å². The van der Waals surface area contributed by atoms with Gasteiger partial charge < -0.3 is 9.84 Å². The van der Waals surface area contributed by atoms with Crippen molar-refractivity contribution < 1.29 is 14.6 Å². The second-order valence-electron chi connectivity index (χ2n) is 5.78. The number of nitrogens with zero attached hydrogens (tertiary/aromatic N) is 1. The number of rotatable bonds is 5. The molecule has 1 rings (SSSR count). The van der Waals surface area contributed by atoms with Crippen molar-refractivity contribution in [2.24, 2.45) is 0 Å². The first-order chi connectivity index (χ1) is 9.31. The van der Waals surface area contributed by atoms with E-state index in [0.29, 0.717) is 12.2 Å². The quantitative estimate of drug-likeness (QED) is 0.869. The molecule has 0 spiro atoms. The summed E-state index contributed by atoms with van der Waals surface area (Å²) in [7, 11) is 0. The van der Waals surface area contributed by atoms with Crippen LogP contribution in [0.4, 0.5) is 10.6 Å². The molecule has 1 unspecified atom stereocenters. The monoisotopic (exact) mass is 280 g/mol. The van der Waals surface area contributed by atoms with E-state index in [1.54, 1.807) is 33.0 Å². The van der Waals surface area contributed by atoms with Crippen molar-refractivity contribution in [2.75, 3.05) is 5.32 Å². The molecular formula is C15H24N2O3. The lowest BCUT2D eigenvalue weighted by Crippen LogP contribution is -2.28. The van der Waals surface area contributed by atoms with E-state index in [9.17, 15) is 9.90 Å². The topological polar surface area (TPSA) is 71.5 Å². The summed E-state index contributed by atoms with van der Waals surface area (Å²) >= 11 is 0. The maximum Gasteiger partial charge on any atom is 0.413 e. The van der Waals surface area contributed by atoms with E-state index in [2.05, 4.69) is 10.3 Å². The molecule has 0 bridgehead atoms. The first-order valence-corrected chi connectivity index (χ1v) is 6.93. The van der Waals surface area contributed by atoms with Gasteiger partial charge in [0.15, 0.2) is 0 Å². The minimum absolute atomic E-state index is 0.427. The highest BCUT2D eigenvalue weighted by Crippen LogP contribution is 2.17. The summed E-state index contributed by atoms with van der Waals surface area (Å²) in [6.07, 6.45) is 2.73. The third-order valence-electron chi connectivity index (χ3n) is 2.59. The molecule has 1 atom stereocenters. The van der Waals surface area contributed by atoms with E-state index in [0.717, 1.165) is 18.4 Å². The van der Waals surface area contributed by atoms with Gasteiger partial charge >= 0.3 is 6.09 Å². The van der Waals surface area contributed by atoms with Gasteiger partial charge in [-0.3, -0.25) is 5.32 Å². The number of aromatic nitrogens is 1. The number of hydrogen-bond acceptors (Lipinski definition) is 4. The van der Waals surface area contributed by atoms with Gasteiger partial charge in [0.25, 0.3) is 0 Å². The zero-order valence-corrected chi connectivity index (χ0v) is 12.6. The Morgan fingerprint density at radius 1 is 1.50 bits per heavy atom. The molecule has 20 heavy (non-hydrogen) atoms. The van der Waals surface area contributed by atoms with Gasteiger partial charge in [-0.15, -0.1) is 0 Å². The minimum Gasteiger partial charge on any atom is -0.444 e. The van der Waals surface area contributed by atoms with Crippen molar-refractivity contribution in [1.29, 1.82) is 0 Å². The van der Waals surface area contributed by atoms with Crippen molar-refractivity contribution in [3.05, 3.63) is 23.9 Å². The molecule has 0 aliphatic heterocycles. The van der Waals surface area contributed by atoms with Crippen molar-refractivity contribution in [3.63, 3.8) is 0 Å². The fourth-order valence-electron chi connectivity index (χ4n) is 1.81. The van der Waals surface area contributed by atoms with Crippen molar-refractivity contribution in [3.8, 4) is 0 Å². The highest BCUT2D eigenvalue weighted by Gasteiger charge is 2.18. The summed E-state index contributed by atoms with van der Waals surface area (Å²) in [5.41, 5.74) is 0.250. The van der Waals surface area contributed by atoms with E-state index >= 15 is 0 Å². The van der Waals surface area contributed by atoms with Crippen LogP contribution >= 0.6 is 0 Å². The number of carbonyl (C=O) groups excluding carboxylic acids is 1. The molecule has 0 aliphatic rings. The van der Waals surface area contributed by atoms with E-state index in [1.807, 2.05) is 13.0 Å². The predicted octanol–water partition coefficient (Wildman–Crippen LogP) is 3.13. The Hall–Kier alpha value is -1.62. The van der Waals surface area contributed by atoms with Crippen LogP contribution in [0.15, 0.2) is 18.3 Å². The number of nitrogens with one attached hydrogen (secondary N) is 1. The largest absolute Gasteiger partial charge is 0.444 e. The molecule has 2 N–H and O–H groups in total. The lowest BCUT2D eigenvalue weighted by molar-refractivity contribution is 0.0634. The lowest BCUT2D eigenvalue weighted by atomic mass is 10.1. The summed E-state index contributed by atoms with van der Waals surface area (Å²) in [6, 6.07) is 3.63. The van der Waals surface area contributed by atoms with E-state index in [-0.39, 0.29) is 0 Å². The van der Waals surface area contributed by atoms with E-state index in [4.69, 9.17) is 4.74 Å². The predicted molar refractivity (Wildman–Crippen MR) is 78.7 cm³/mol. The van der Waals surface area contributed by atoms with Crippen molar-refractivity contribution in [1.82, 2.24) is 4.98 Å². The molecule has 0 radical (unpaired) electrons. The normalized spacial score (nSPS) is 12.8. The molecule has 1 aromatic heterocycles. The Kier molecular flexibility index (Phi) is 5.95. The van der Waals surface area contributed by atoms with Crippen LogP contribution in [0.3, 0.4) is 0 Å². The van der Waals surface area contributed by atoms with Gasteiger partial charge in [0.1, 0.15) is 11.4 Å². The molecule has 0 aromatic carbocycles. The van der Waals surface area contributed by atoms with Crippen LogP contribution in [0, 0.1) is 0 Å². The van der Waals surface area contributed by atoms with Crippen molar-refractivity contribution >= 4 is 11.9 Å².